The minimum Gasteiger partial charge on any atom is -0.455 e. The minimum atomic E-state index is -0.501. The van der Waals surface area contributed by atoms with Crippen molar-refractivity contribution in [1.29, 1.82) is 0 Å². The number of hydrogen-bond donors (Lipinski definition) is 1. The van der Waals surface area contributed by atoms with Gasteiger partial charge in [0, 0.05) is 22.2 Å². The Morgan fingerprint density at radius 3 is 2.68 bits per heavy atom. The highest BCUT2D eigenvalue weighted by atomic mass is 35.5. The fourth-order valence-electron chi connectivity index (χ4n) is 2.43. The molecule has 0 fully saturated rings. The molecule has 1 amide bonds. The molecule has 1 aromatic heterocycles. The first-order valence-corrected chi connectivity index (χ1v) is 8.74. The molecule has 0 unspecified atom stereocenters. The van der Waals surface area contributed by atoms with Gasteiger partial charge in [0.25, 0.3) is 11.6 Å². The van der Waals surface area contributed by atoms with Gasteiger partial charge in [0.1, 0.15) is 11.5 Å². The predicted molar refractivity (Wildman–Crippen MR) is 107 cm³/mol. The molecular formula is C19H13Cl2N3O4. The van der Waals surface area contributed by atoms with E-state index in [9.17, 15) is 14.9 Å². The van der Waals surface area contributed by atoms with Crippen LogP contribution in [0.25, 0.3) is 11.3 Å². The second-order valence-electron chi connectivity index (χ2n) is 5.78. The number of halogens is 2. The van der Waals surface area contributed by atoms with E-state index < -0.39 is 10.8 Å². The number of nitro benzene ring substituents is 1. The highest BCUT2D eigenvalue weighted by Gasteiger charge is 2.14. The molecule has 0 spiro atoms. The molecule has 0 aliphatic rings. The van der Waals surface area contributed by atoms with Crippen molar-refractivity contribution in [3.8, 4) is 11.3 Å². The van der Waals surface area contributed by atoms with Crippen LogP contribution in [0.4, 0.5) is 5.69 Å². The van der Waals surface area contributed by atoms with Crippen molar-refractivity contribution in [3.63, 3.8) is 0 Å². The van der Waals surface area contributed by atoms with Gasteiger partial charge >= 0.3 is 0 Å². The Balaban J connectivity index is 1.72. The Bertz CT molecular complexity index is 1090. The standard InChI is InChI=1S/C19H13Cl2N3O4/c1-11-2-3-12(8-17(11)24(26)27)18-7-5-14(28-18)10-22-23-19(25)15-6-4-13(20)9-16(15)21/h2-10H,1H3,(H,23,25)/b22-10-. The topological polar surface area (TPSA) is 97.7 Å². The van der Waals surface area contributed by atoms with Gasteiger partial charge in [0.2, 0.25) is 0 Å². The Morgan fingerprint density at radius 2 is 1.96 bits per heavy atom. The second kappa shape index (κ2) is 8.24. The molecular weight excluding hydrogens is 405 g/mol. The summed E-state index contributed by atoms with van der Waals surface area (Å²) in [6, 6.07) is 12.6. The highest BCUT2D eigenvalue weighted by molar-refractivity contribution is 6.36. The van der Waals surface area contributed by atoms with Gasteiger partial charge in [0.05, 0.1) is 21.7 Å². The molecule has 28 heavy (non-hydrogen) atoms. The molecule has 9 heteroatoms. The number of amides is 1. The summed E-state index contributed by atoms with van der Waals surface area (Å²) >= 11 is 11.8. The van der Waals surface area contributed by atoms with E-state index in [1.807, 2.05) is 0 Å². The van der Waals surface area contributed by atoms with Gasteiger partial charge in [-0.05, 0) is 37.3 Å². The second-order valence-corrected chi connectivity index (χ2v) is 6.63. The van der Waals surface area contributed by atoms with Gasteiger partial charge in [-0.1, -0.05) is 35.3 Å². The molecule has 142 valence electrons. The molecule has 0 aliphatic heterocycles. The maximum Gasteiger partial charge on any atom is 0.273 e. The number of aryl methyl sites for hydroxylation is 1. The highest BCUT2D eigenvalue weighted by Crippen LogP contribution is 2.28. The zero-order valence-electron chi connectivity index (χ0n) is 14.5. The monoisotopic (exact) mass is 417 g/mol. The number of benzene rings is 2. The normalized spacial score (nSPS) is 11.0. The van der Waals surface area contributed by atoms with Crippen LogP contribution in [0, 0.1) is 17.0 Å². The minimum absolute atomic E-state index is 0.0104. The summed E-state index contributed by atoms with van der Waals surface area (Å²) in [6.07, 6.45) is 1.31. The first-order chi connectivity index (χ1) is 13.3. The van der Waals surface area contributed by atoms with Crippen molar-refractivity contribution in [2.75, 3.05) is 0 Å². The van der Waals surface area contributed by atoms with Gasteiger partial charge in [-0.15, -0.1) is 0 Å². The lowest BCUT2D eigenvalue weighted by Gasteiger charge is -2.02. The SMILES string of the molecule is Cc1ccc(-c2ccc(/C=N\NC(=O)c3ccc(Cl)cc3Cl)o2)cc1[N+](=O)[O-]. The van der Waals surface area contributed by atoms with Crippen molar-refractivity contribution in [1.82, 2.24) is 5.43 Å². The summed E-state index contributed by atoms with van der Waals surface area (Å²) in [5.41, 5.74) is 3.71. The summed E-state index contributed by atoms with van der Waals surface area (Å²) in [7, 11) is 0. The van der Waals surface area contributed by atoms with Crippen LogP contribution in [0.15, 0.2) is 58.0 Å². The van der Waals surface area contributed by atoms with Crippen LogP contribution in [0.2, 0.25) is 10.0 Å². The van der Waals surface area contributed by atoms with Crippen molar-refractivity contribution in [2.45, 2.75) is 6.92 Å². The number of carbonyl (C=O) groups excluding carboxylic acids is 1. The summed E-state index contributed by atoms with van der Waals surface area (Å²) in [5.74, 6) is 0.302. The molecule has 0 radical (unpaired) electrons. The van der Waals surface area contributed by atoms with E-state index in [0.717, 1.165) is 0 Å². The number of hydrogen-bond acceptors (Lipinski definition) is 5. The number of carbonyl (C=O) groups is 1. The van der Waals surface area contributed by atoms with E-state index >= 15 is 0 Å². The van der Waals surface area contributed by atoms with Crippen molar-refractivity contribution >= 4 is 41.0 Å². The van der Waals surface area contributed by atoms with Gasteiger partial charge in [-0.3, -0.25) is 14.9 Å². The lowest BCUT2D eigenvalue weighted by atomic mass is 10.1. The molecule has 3 rings (SSSR count). The molecule has 7 nitrogen and oxygen atoms in total. The molecule has 0 saturated heterocycles. The van der Waals surface area contributed by atoms with Crippen LogP contribution >= 0.6 is 23.2 Å². The third kappa shape index (κ3) is 4.39. The van der Waals surface area contributed by atoms with Crippen LogP contribution < -0.4 is 5.43 Å². The lowest BCUT2D eigenvalue weighted by molar-refractivity contribution is -0.385. The number of furan rings is 1. The molecule has 2 aromatic carbocycles. The lowest BCUT2D eigenvalue weighted by Crippen LogP contribution is -2.17. The van der Waals surface area contributed by atoms with E-state index in [0.29, 0.717) is 27.7 Å². The molecule has 0 aliphatic carbocycles. The van der Waals surface area contributed by atoms with Crippen LogP contribution in [-0.2, 0) is 0 Å². The molecule has 3 aromatic rings. The smallest absolute Gasteiger partial charge is 0.273 e. The van der Waals surface area contributed by atoms with Gasteiger partial charge in [-0.25, -0.2) is 5.43 Å². The van der Waals surface area contributed by atoms with Crippen LogP contribution in [-0.4, -0.2) is 17.0 Å². The van der Waals surface area contributed by atoms with Crippen molar-refractivity contribution in [3.05, 3.63) is 85.6 Å². The number of nitrogens with zero attached hydrogens (tertiary/aromatic N) is 2. The van der Waals surface area contributed by atoms with E-state index in [4.69, 9.17) is 27.6 Å². The Morgan fingerprint density at radius 1 is 1.18 bits per heavy atom. The third-order valence-electron chi connectivity index (χ3n) is 3.85. The predicted octanol–water partition coefficient (Wildman–Crippen LogP) is 5.23. The third-order valence-corrected chi connectivity index (χ3v) is 4.40. The van der Waals surface area contributed by atoms with Crippen LogP contribution in [0.5, 0.6) is 0 Å². The van der Waals surface area contributed by atoms with Crippen molar-refractivity contribution < 1.29 is 14.1 Å². The first kappa shape index (κ1) is 19.6. The Hall–Kier alpha value is -3.16. The number of hydrazone groups is 1. The number of nitrogens with one attached hydrogen (secondary N) is 1. The summed E-state index contributed by atoms with van der Waals surface area (Å²) < 4.78 is 5.60. The summed E-state index contributed by atoms with van der Waals surface area (Å²) in [5, 5.41) is 15.5. The molecule has 1 N–H and O–H groups in total. The molecule has 0 saturated carbocycles. The maximum atomic E-state index is 12.1. The van der Waals surface area contributed by atoms with Crippen LogP contribution in [0.1, 0.15) is 21.7 Å². The Kier molecular flexibility index (Phi) is 5.77. The molecule has 0 bridgehead atoms. The average Bonchev–Trinajstić information content (AvgIpc) is 3.10. The van der Waals surface area contributed by atoms with E-state index in [1.54, 1.807) is 37.3 Å². The van der Waals surface area contributed by atoms with Crippen LogP contribution in [0.3, 0.4) is 0 Å². The zero-order chi connectivity index (χ0) is 20.3. The van der Waals surface area contributed by atoms with E-state index in [2.05, 4.69) is 10.5 Å². The molecule has 1 heterocycles. The van der Waals surface area contributed by atoms with E-state index in [1.165, 1.54) is 24.4 Å². The Labute approximate surface area is 169 Å². The quantitative estimate of drug-likeness (QED) is 0.348. The number of rotatable bonds is 5. The van der Waals surface area contributed by atoms with Gasteiger partial charge in [-0.2, -0.15) is 5.10 Å². The number of nitro groups is 1. The zero-order valence-corrected chi connectivity index (χ0v) is 16.0. The summed E-state index contributed by atoms with van der Waals surface area (Å²) in [6.45, 7) is 1.66. The first-order valence-electron chi connectivity index (χ1n) is 7.99. The summed E-state index contributed by atoms with van der Waals surface area (Å²) in [4.78, 5) is 22.7. The van der Waals surface area contributed by atoms with E-state index in [-0.39, 0.29) is 16.3 Å². The van der Waals surface area contributed by atoms with Crippen molar-refractivity contribution in [2.24, 2.45) is 5.10 Å². The fourth-order valence-corrected chi connectivity index (χ4v) is 2.92. The maximum absolute atomic E-state index is 12.1. The van der Waals surface area contributed by atoms with Gasteiger partial charge in [0.15, 0.2) is 0 Å². The largest absolute Gasteiger partial charge is 0.455 e. The fraction of sp³-hybridized carbons (Fsp3) is 0.0526. The molecule has 0 atom stereocenters. The van der Waals surface area contributed by atoms with Gasteiger partial charge < -0.3 is 4.42 Å². The average molecular weight is 418 g/mol.